The molecule has 8 nitrogen and oxygen atoms in total. The van der Waals surface area contributed by atoms with Gasteiger partial charge in [-0.25, -0.2) is 4.99 Å². The van der Waals surface area contributed by atoms with Crippen LogP contribution in [0, 0.1) is 10.1 Å². The van der Waals surface area contributed by atoms with Gasteiger partial charge in [-0.15, -0.1) is 0 Å². The van der Waals surface area contributed by atoms with Crippen molar-refractivity contribution in [2.24, 2.45) is 15.7 Å². The summed E-state index contributed by atoms with van der Waals surface area (Å²) >= 11 is 0. The Balaban J connectivity index is 2.82. The van der Waals surface area contributed by atoms with Gasteiger partial charge in [0.1, 0.15) is 18.6 Å². The van der Waals surface area contributed by atoms with Crippen LogP contribution in [-0.4, -0.2) is 40.3 Å². The summed E-state index contributed by atoms with van der Waals surface area (Å²) < 4.78 is 0. The van der Waals surface area contributed by atoms with Crippen molar-refractivity contribution in [1.29, 1.82) is 0 Å². The van der Waals surface area contributed by atoms with Crippen molar-refractivity contribution < 1.29 is 14.8 Å². The maximum absolute atomic E-state index is 10.6. The zero-order valence-electron chi connectivity index (χ0n) is 7.03. The van der Waals surface area contributed by atoms with Gasteiger partial charge >= 0.3 is 11.6 Å². The highest BCUT2D eigenvalue weighted by Crippen LogP contribution is 2.19. The molecule has 14 heavy (non-hydrogen) atoms. The molecule has 2 atom stereocenters. The maximum atomic E-state index is 10.6. The van der Waals surface area contributed by atoms with Crippen LogP contribution in [-0.2, 0) is 4.79 Å². The molecule has 8 heteroatoms. The summed E-state index contributed by atoms with van der Waals surface area (Å²) in [6.45, 7) is 0. The fourth-order valence-corrected chi connectivity index (χ4v) is 1.00. The fourth-order valence-electron chi connectivity index (χ4n) is 1.00. The summed E-state index contributed by atoms with van der Waals surface area (Å²) in [5, 5.41) is 19.1. The SMILES string of the molecule is NC(CC1([N+](=O)[O-])C=NC=N1)C(=O)O. The predicted molar refractivity (Wildman–Crippen MR) is 46.9 cm³/mol. The third-order valence-corrected chi connectivity index (χ3v) is 1.78. The molecule has 1 aliphatic heterocycles. The van der Waals surface area contributed by atoms with Gasteiger partial charge in [0.25, 0.3) is 0 Å². The molecule has 2 unspecified atom stereocenters. The molecule has 0 spiro atoms. The van der Waals surface area contributed by atoms with Crippen molar-refractivity contribution in [2.45, 2.75) is 18.1 Å². The smallest absolute Gasteiger partial charge is 0.352 e. The minimum atomic E-state index is -1.81. The van der Waals surface area contributed by atoms with E-state index in [2.05, 4.69) is 9.98 Å². The maximum Gasteiger partial charge on any atom is 0.352 e. The molecule has 0 saturated carbocycles. The summed E-state index contributed by atoms with van der Waals surface area (Å²) in [6, 6.07) is -1.33. The van der Waals surface area contributed by atoms with Gasteiger partial charge in [0, 0.05) is 0 Å². The van der Waals surface area contributed by atoms with E-state index in [-0.39, 0.29) is 0 Å². The predicted octanol–water partition coefficient (Wildman–Crippen LogP) is -1.13. The largest absolute Gasteiger partial charge is 0.480 e. The second-order valence-corrected chi connectivity index (χ2v) is 2.81. The van der Waals surface area contributed by atoms with Crippen molar-refractivity contribution in [3.05, 3.63) is 10.1 Å². The van der Waals surface area contributed by atoms with Gasteiger partial charge in [-0.1, -0.05) is 0 Å². The lowest BCUT2D eigenvalue weighted by Gasteiger charge is -2.15. The van der Waals surface area contributed by atoms with E-state index in [0.29, 0.717) is 0 Å². The third kappa shape index (κ3) is 1.74. The highest BCUT2D eigenvalue weighted by Gasteiger charge is 2.45. The van der Waals surface area contributed by atoms with Crippen LogP contribution in [0.2, 0.25) is 0 Å². The molecule has 0 aliphatic carbocycles. The van der Waals surface area contributed by atoms with E-state index in [1.54, 1.807) is 0 Å². The molecule has 0 saturated heterocycles. The number of rotatable bonds is 4. The van der Waals surface area contributed by atoms with Crippen LogP contribution in [0.25, 0.3) is 0 Å². The van der Waals surface area contributed by atoms with E-state index in [4.69, 9.17) is 10.8 Å². The van der Waals surface area contributed by atoms with Crippen molar-refractivity contribution >= 4 is 18.5 Å². The molecule has 0 bridgehead atoms. The second-order valence-electron chi connectivity index (χ2n) is 2.81. The molecular formula is C6H8N4O4. The average Bonchev–Trinajstić information content (AvgIpc) is 2.53. The molecule has 0 fully saturated rings. The topological polar surface area (TPSA) is 131 Å². The molecule has 0 radical (unpaired) electrons. The molecule has 1 heterocycles. The van der Waals surface area contributed by atoms with E-state index in [1.807, 2.05) is 0 Å². The quantitative estimate of drug-likeness (QED) is 0.438. The fraction of sp³-hybridized carbons (Fsp3) is 0.500. The van der Waals surface area contributed by atoms with Crippen molar-refractivity contribution in [2.75, 3.05) is 0 Å². The Morgan fingerprint density at radius 1 is 1.79 bits per heavy atom. The van der Waals surface area contributed by atoms with Gasteiger partial charge in [-0.05, 0) is 0 Å². The number of nitrogens with zero attached hydrogens (tertiary/aromatic N) is 3. The Morgan fingerprint density at radius 3 is 2.79 bits per heavy atom. The molecule has 0 aromatic rings. The number of hydrogen-bond donors (Lipinski definition) is 2. The first-order valence-electron chi connectivity index (χ1n) is 3.69. The molecule has 1 aliphatic rings. The van der Waals surface area contributed by atoms with Gasteiger partial charge in [-0.2, -0.15) is 4.99 Å². The number of nitro groups is 1. The summed E-state index contributed by atoms with van der Waals surface area (Å²) in [5.41, 5.74) is 3.37. The number of hydrogen-bond acceptors (Lipinski definition) is 6. The first-order valence-corrected chi connectivity index (χ1v) is 3.69. The van der Waals surface area contributed by atoms with E-state index < -0.39 is 29.0 Å². The average molecular weight is 200 g/mol. The summed E-state index contributed by atoms with van der Waals surface area (Å²) in [6.07, 6.45) is 1.59. The minimum absolute atomic E-state index is 0.407. The molecule has 76 valence electrons. The van der Waals surface area contributed by atoms with Crippen molar-refractivity contribution in [3.63, 3.8) is 0 Å². The number of carbonyl (C=O) groups is 1. The van der Waals surface area contributed by atoms with Gasteiger partial charge in [0.2, 0.25) is 0 Å². The Labute approximate surface area is 78.3 Å². The molecule has 0 amide bonds. The van der Waals surface area contributed by atoms with E-state index in [1.165, 1.54) is 0 Å². The third-order valence-electron chi connectivity index (χ3n) is 1.78. The lowest BCUT2D eigenvalue weighted by molar-refractivity contribution is -0.544. The molecule has 0 aromatic heterocycles. The highest BCUT2D eigenvalue weighted by molar-refractivity contribution is 5.85. The van der Waals surface area contributed by atoms with Crippen LogP contribution in [0.4, 0.5) is 0 Å². The highest BCUT2D eigenvalue weighted by atomic mass is 16.6. The Morgan fingerprint density at radius 2 is 2.43 bits per heavy atom. The molecule has 3 N–H and O–H groups in total. The summed E-state index contributed by atoms with van der Waals surface area (Å²) in [7, 11) is 0. The molecule has 1 rings (SSSR count). The minimum Gasteiger partial charge on any atom is -0.480 e. The first-order chi connectivity index (χ1) is 6.48. The van der Waals surface area contributed by atoms with Gasteiger partial charge in [0.15, 0.2) is 0 Å². The Kier molecular flexibility index (Phi) is 2.56. The van der Waals surface area contributed by atoms with Crippen LogP contribution in [0.3, 0.4) is 0 Å². The Hall–Kier alpha value is -1.83. The van der Waals surface area contributed by atoms with Crippen molar-refractivity contribution in [3.8, 4) is 0 Å². The van der Waals surface area contributed by atoms with Gasteiger partial charge in [-0.3, -0.25) is 14.9 Å². The lowest BCUT2D eigenvalue weighted by atomic mass is 10.0. The molecular weight excluding hydrogens is 192 g/mol. The summed E-state index contributed by atoms with van der Waals surface area (Å²) in [4.78, 5) is 27.3. The van der Waals surface area contributed by atoms with E-state index >= 15 is 0 Å². The zero-order valence-corrected chi connectivity index (χ0v) is 7.03. The van der Waals surface area contributed by atoms with E-state index in [9.17, 15) is 14.9 Å². The van der Waals surface area contributed by atoms with Crippen LogP contribution in [0.5, 0.6) is 0 Å². The number of carboxylic acid groups (broad SMARTS) is 1. The second kappa shape index (κ2) is 3.50. The number of carboxylic acids is 1. The lowest BCUT2D eigenvalue weighted by Crippen LogP contribution is -2.45. The van der Waals surface area contributed by atoms with Gasteiger partial charge < -0.3 is 10.8 Å². The van der Waals surface area contributed by atoms with Crippen LogP contribution >= 0.6 is 0 Å². The standard InChI is InChI=1S/C6H8N4O4/c7-4(5(11)12)1-6(10(13)14)2-8-3-9-6/h2-4H,1,7H2,(H,11,12). The van der Waals surface area contributed by atoms with Crippen LogP contribution in [0.1, 0.15) is 6.42 Å². The summed E-state index contributed by atoms with van der Waals surface area (Å²) in [5.74, 6) is -1.30. The van der Waals surface area contributed by atoms with Gasteiger partial charge in [0.05, 0.1) is 11.3 Å². The zero-order chi connectivity index (χ0) is 10.8. The first kappa shape index (κ1) is 10.3. The Bertz CT molecular complexity index is 312. The van der Waals surface area contributed by atoms with Crippen LogP contribution < -0.4 is 5.73 Å². The van der Waals surface area contributed by atoms with E-state index in [0.717, 1.165) is 12.6 Å². The number of aliphatic carboxylic acids is 1. The monoisotopic (exact) mass is 200 g/mol. The normalized spacial score (nSPS) is 26.4. The molecule has 0 aromatic carbocycles. The van der Waals surface area contributed by atoms with Crippen LogP contribution in [0.15, 0.2) is 9.98 Å². The number of aliphatic imine (C=N–C) groups is 2. The number of nitrogens with two attached hydrogens (primary N) is 1. The van der Waals surface area contributed by atoms with Crippen molar-refractivity contribution in [1.82, 2.24) is 0 Å².